The van der Waals surface area contributed by atoms with Crippen molar-refractivity contribution in [1.29, 1.82) is 0 Å². The third-order valence-corrected chi connectivity index (χ3v) is 7.96. The van der Waals surface area contributed by atoms with Crippen LogP contribution >= 0.6 is 0 Å². The Labute approximate surface area is 148 Å². The van der Waals surface area contributed by atoms with E-state index >= 15 is 0 Å². The Hall–Kier alpha value is -1.43. The number of allylic oxidation sites excluding steroid dienone is 1. The molecule has 1 amide bonds. The van der Waals surface area contributed by atoms with Crippen molar-refractivity contribution in [3.8, 4) is 0 Å². The number of carbonyl (C=O) groups is 1. The zero-order valence-corrected chi connectivity index (χ0v) is 17.8. The summed E-state index contributed by atoms with van der Waals surface area (Å²) in [7, 11) is -2.00. The molecule has 0 unspecified atom stereocenters. The van der Waals surface area contributed by atoms with Gasteiger partial charge < -0.3 is 19.2 Å². The smallest absolute Gasteiger partial charge is 0.407 e. The largest absolute Gasteiger partial charge is 0.519 e. The van der Waals surface area contributed by atoms with Gasteiger partial charge in [0.15, 0.2) is 0 Å². The second-order valence-corrected chi connectivity index (χ2v) is 12.9. The standard InChI is InChI=1S/C18H35NO4Si/c1-10-11-14-21-15(23-24(8,9)18(5,6)7)12-13-19-16(20)22-17(2,3)4/h10-12H,13-14H2,1-9H3,(H,19,20)/b11-10+,15-12-. The number of hydrogen-bond acceptors (Lipinski definition) is 4. The van der Waals surface area contributed by atoms with Crippen molar-refractivity contribution in [2.45, 2.75) is 72.2 Å². The first-order valence-corrected chi connectivity index (χ1v) is 11.3. The van der Waals surface area contributed by atoms with Gasteiger partial charge in [0.25, 0.3) is 14.3 Å². The highest BCUT2D eigenvalue weighted by Crippen LogP contribution is 2.37. The maximum Gasteiger partial charge on any atom is 0.407 e. The Kier molecular flexibility index (Phi) is 8.61. The van der Waals surface area contributed by atoms with Crippen LogP contribution in [0.5, 0.6) is 0 Å². The number of nitrogens with one attached hydrogen (secondary N) is 1. The maximum atomic E-state index is 11.7. The lowest BCUT2D eigenvalue weighted by molar-refractivity contribution is 0.0532. The van der Waals surface area contributed by atoms with Gasteiger partial charge in [0, 0.05) is 12.6 Å². The van der Waals surface area contributed by atoms with Crippen LogP contribution in [0.25, 0.3) is 0 Å². The van der Waals surface area contributed by atoms with Gasteiger partial charge in [-0.25, -0.2) is 4.79 Å². The van der Waals surface area contributed by atoms with Crippen LogP contribution < -0.4 is 5.32 Å². The van der Waals surface area contributed by atoms with Gasteiger partial charge in [-0.2, -0.15) is 0 Å². The lowest BCUT2D eigenvalue weighted by Crippen LogP contribution is -2.41. The first-order valence-electron chi connectivity index (χ1n) is 8.38. The molecular weight excluding hydrogens is 322 g/mol. The summed E-state index contributed by atoms with van der Waals surface area (Å²) in [6.45, 7) is 19.0. The van der Waals surface area contributed by atoms with Crippen LogP contribution in [-0.4, -0.2) is 33.2 Å². The van der Waals surface area contributed by atoms with Crippen LogP contribution in [0.2, 0.25) is 18.1 Å². The topological polar surface area (TPSA) is 56.8 Å². The number of carbonyl (C=O) groups excluding carboxylic acids is 1. The zero-order chi connectivity index (χ0) is 19.0. The van der Waals surface area contributed by atoms with Crippen molar-refractivity contribution < 1.29 is 18.7 Å². The molecule has 0 fully saturated rings. The molecule has 0 atom stereocenters. The first kappa shape index (κ1) is 22.6. The maximum absolute atomic E-state index is 11.7. The quantitative estimate of drug-likeness (QED) is 0.397. The average Bonchev–Trinajstić information content (AvgIpc) is 2.34. The van der Waals surface area contributed by atoms with E-state index in [1.54, 1.807) is 6.08 Å². The lowest BCUT2D eigenvalue weighted by Gasteiger charge is -2.36. The van der Waals surface area contributed by atoms with Crippen LogP contribution in [0, 0.1) is 0 Å². The van der Waals surface area contributed by atoms with Crippen LogP contribution in [0.4, 0.5) is 4.79 Å². The summed E-state index contributed by atoms with van der Waals surface area (Å²) in [6.07, 6.45) is 5.11. The van der Waals surface area contributed by atoms with Gasteiger partial charge >= 0.3 is 6.09 Å². The molecule has 140 valence electrons. The van der Waals surface area contributed by atoms with Crippen LogP contribution in [-0.2, 0) is 13.9 Å². The van der Waals surface area contributed by atoms with Gasteiger partial charge in [-0.1, -0.05) is 32.9 Å². The predicted octanol–water partition coefficient (Wildman–Crippen LogP) is 4.97. The normalized spacial score (nSPS) is 13.8. The monoisotopic (exact) mass is 357 g/mol. The highest BCUT2D eigenvalue weighted by atomic mass is 28.4. The van der Waals surface area contributed by atoms with E-state index in [-0.39, 0.29) is 11.6 Å². The molecule has 0 aromatic rings. The van der Waals surface area contributed by atoms with E-state index in [1.165, 1.54) is 0 Å². The second kappa shape index (κ2) is 9.16. The van der Waals surface area contributed by atoms with Gasteiger partial charge in [-0.3, -0.25) is 0 Å². The van der Waals surface area contributed by atoms with Gasteiger partial charge in [0.1, 0.15) is 12.2 Å². The molecule has 24 heavy (non-hydrogen) atoms. The van der Waals surface area contributed by atoms with Crippen LogP contribution in [0.1, 0.15) is 48.5 Å². The summed E-state index contributed by atoms with van der Waals surface area (Å²) in [6, 6.07) is 0. The molecule has 0 aromatic carbocycles. The molecule has 0 aliphatic carbocycles. The van der Waals surface area contributed by atoms with Crippen molar-refractivity contribution in [3.63, 3.8) is 0 Å². The van der Waals surface area contributed by atoms with Crippen LogP contribution in [0.15, 0.2) is 24.2 Å². The van der Waals surface area contributed by atoms with E-state index in [9.17, 15) is 4.79 Å². The third-order valence-electron chi connectivity index (χ3n) is 3.63. The van der Waals surface area contributed by atoms with Crippen molar-refractivity contribution in [1.82, 2.24) is 5.32 Å². The summed E-state index contributed by atoms with van der Waals surface area (Å²) in [5, 5.41) is 2.75. The van der Waals surface area contributed by atoms with Gasteiger partial charge in [0.05, 0.1) is 0 Å². The molecule has 0 radical (unpaired) electrons. The van der Waals surface area contributed by atoms with Crippen molar-refractivity contribution >= 4 is 14.4 Å². The molecule has 1 N–H and O–H groups in total. The van der Waals surface area contributed by atoms with E-state index in [0.29, 0.717) is 12.6 Å². The van der Waals surface area contributed by atoms with E-state index in [0.717, 1.165) is 0 Å². The summed E-state index contributed by atoms with van der Waals surface area (Å²) < 4.78 is 17.1. The van der Waals surface area contributed by atoms with Gasteiger partial charge in [-0.15, -0.1) is 0 Å². The molecule has 0 saturated heterocycles. The lowest BCUT2D eigenvalue weighted by atomic mass is 10.2. The van der Waals surface area contributed by atoms with Crippen molar-refractivity contribution in [2.75, 3.05) is 13.2 Å². The zero-order valence-electron chi connectivity index (χ0n) is 16.8. The minimum atomic E-state index is -2.00. The fourth-order valence-corrected chi connectivity index (χ4v) is 2.24. The molecule has 0 bridgehead atoms. The summed E-state index contributed by atoms with van der Waals surface area (Å²) in [5.74, 6) is 0.454. The van der Waals surface area contributed by atoms with Crippen molar-refractivity contribution in [3.05, 3.63) is 24.2 Å². The highest BCUT2D eigenvalue weighted by molar-refractivity contribution is 6.74. The molecule has 6 heteroatoms. The molecular formula is C18H35NO4Si. The predicted molar refractivity (Wildman–Crippen MR) is 101 cm³/mol. The van der Waals surface area contributed by atoms with E-state index in [2.05, 4.69) is 39.2 Å². The summed E-state index contributed by atoms with van der Waals surface area (Å²) in [5.41, 5.74) is -0.517. The molecule has 0 spiro atoms. The molecule has 0 rings (SSSR count). The molecule has 0 aliphatic rings. The van der Waals surface area contributed by atoms with Crippen molar-refractivity contribution in [2.24, 2.45) is 0 Å². The van der Waals surface area contributed by atoms with E-state index < -0.39 is 20.0 Å². The fourth-order valence-electron chi connectivity index (χ4n) is 1.29. The number of alkyl carbamates (subject to hydrolysis) is 1. The average molecular weight is 358 g/mol. The summed E-state index contributed by atoms with van der Waals surface area (Å²) >= 11 is 0. The Morgan fingerprint density at radius 3 is 2.17 bits per heavy atom. The molecule has 0 aromatic heterocycles. The Balaban J connectivity index is 4.85. The number of hydrogen-bond donors (Lipinski definition) is 1. The molecule has 0 aliphatic heterocycles. The number of rotatable bonds is 7. The Bertz CT molecular complexity index is 457. The second-order valence-electron chi connectivity index (χ2n) is 8.15. The molecule has 5 nitrogen and oxygen atoms in total. The SMILES string of the molecule is C/C=C/CO/C(=C/CNC(=O)OC(C)(C)C)O[Si](C)(C)C(C)(C)C. The molecule has 0 heterocycles. The number of ether oxygens (including phenoxy) is 2. The minimum absolute atomic E-state index is 0.0641. The third kappa shape index (κ3) is 9.65. The van der Waals surface area contributed by atoms with Gasteiger partial charge in [0.2, 0.25) is 0 Å². The molecule has 0 saturated carbocycles. The number of amides is 1. The Morgan fingerprint density at radius 1 is 1.12 bits per heavy atom. The highest BCUT2D eigenvalue weighted by Gasteiger charge is 2.39. The first-order chi connectivity index (χ1) is 10.8. The van der Waals surface area contributed by atoms with Gasteiger partial charge in [-0.05, 0) is 45.8 Å². The van der Waals surface area contributed by atoms with E-state index in [1.807, 2.05) is 39.8 Å². The fraction of sp³-hybridized carbons (Fsp3) is 0.722. The van der Waals surface area contributed by atoms with E-state index in [4.69, 9.17) is 13.9 Å². The minimum Gasteiger partial charge on any atom is -0.519 e. The van der Waals surface area contributed by atoms with Crippen LogP contribution in [0.3, 0.4) is 0 Å². The Morgan fingerprint density at radius 2 is 1.71 bits per heavy atom. The summed E-state index contributed by atoms with van der Waals surface area (Å²) in [4.78, 5) is 11.7.